The molecule has 0 spiro atoms. The van der Waals surface area contributed by atoms with E-state index in [1.807, 2.05) is 20.8 Å². The number of carboxylic acid groups (broad SMARTS) is 1. The normalized spacial score (nSPS) is 30.7. The molecule has 0 aliphatic carbocycles. The van der Waals surface area contributed by atoms with E-state index >= 15 is 0 Å². The third kappa shape index (κ3) is 3.03. The molecule has 104 valence electrons. The molecule has 1 saturated heterocycles. The number of hydrogen-bond acceptors (Lipinski definition) is 2. The molecule has 4 atom stereocenters. The highest BCUT2D eigenvalue weighted by Gasteiger charge is 2.43. The highest BCUT2D eigenvalue weighted by Crippen LogP contribution is 2.32. The van der Waals surface area contributed by atoms with Crippen molar-refractivity contribution in [2.45, 2.75) is 59.5 Å². The van der Waals surface area contributed by atoms with Crippen molar-refractivity contribution in [1.29, 1.82) is 0 Å². The maximum atomic E-state index is 12.1. The Morgan fingerprint density at radius 3 is 2.39 bits per heavy atom. The molecule has 4 heteroatoms. The largest absolute Gasteiger partial charge is 0.481 e. The van der Waals surface area contributed by atoms with Crippen LogP contribution in [-0.4, -0.2) is 34.0 Å². The van der Waals surface area contributed by atoms with Gasteiger partial charge < -0.3 is 10.0 Å². The van der Waals surface area contributed by atoms with E-state index in [1.54, 1.807) is 4.90 Å². The number of piperidine rings is 1. The molecule has 0 bridgehead atoms. The van der Waals surface area contributed by atoms with Crippen LogP contribution in [-0.2, 0) is 9.59 Å². The molecule has 1 aliphatic heterocycles. The molecular weight excluding hydrogens is 230 g/mol. The molecule has 1 fully saturated rings. The van der Waals surface area contributed by atoms with Crippen molar-refractivity contribution in [3.8, 4) is 0 Å². The summed E-state index contributed by atoms with van der Waals surface area (Å²) in [6.45, 7) is 9.98. The summed E-state index contributed by atoms with van der Waals surface area (Å²) in [6.07, 6.45) is 1.26. The van der Waals surface area contributed by atoms with Gasteiger partial charge in [-0.2, -0.15) is 0 Å². The van der Waals surface area contributed by atoms with Crippen LogP contribution in [0.4, 0.5) is 0 Å². The third-order valence-corrected chi connectivity index (χ3v) is 3.93. The molecule has 1 heterocycles. The van der Waals surface area contributed by atoms with Crippen molar-refractivity contribution in [1.82, 2.24) is 4.90 Å². The van der Waals surface area contributed by atoms with E-state index in [4.69, 9.17) is 0 Å². The zero-order valence-corrected chi connectivity index (χ0v) is 12.0. The molecule has 1 rings (SSSR count). The van der Waals surface area contributed by atoms with Crippen molar-refractivity contribution >= 4 is 11.9 Å². The fourth-order valence-corrected chi connectivity index (χ4v) is 3.28. The Bertz CT molecular complexity index is 327. The van der Waals surface area contributed by atoms with E-state index in [-0.39, 0.29) is 23.9 Å². The Hall–Kier alpha value is -1.06. The Labute approximate surface area is 109 Å². The SMILES string of the molecule is CC(C)CC(C)N1C(=O)CC(C)C(C(=O)O)C1C. The number of nitrogens with zero attached hydrogens (tertiary/aromatic N) is 1. The minimum atomic E-state index is -0.788. The first-order chi connectivity index (χ1) is 8.25. The number of hydrogen-bond donors (Lipinski definition) is 1. The molecule has 0 saturated carbocycles. The van der Waals surface area contributed by atoms with Gasteiger partial charge >= 0.3 is 5.97 Å². The van der Waals surface area contributed by atoms with E-state index in [9.17, 15) is 14.7 Å². The van der Waals surface area contributed by atoms with Crippen molar-refractivity contribution in [3.05, 3.63) is 0 Å². The maximum absolute atomic E-state index is 12.1. The van der Waals surface area contributed by atoms with Crippen LogP contribution in [0.15, 0.2) is 0 Å². The summed E-state index contributed by atoms with van der Waals surface area (Å²) in [6, 6.07) is -0.102. The highest BCUT2D eigenvalue weighted by molar-refractivity contribution is 5.82. The molecular formula is C14H25NO3. The van der Waals surface area contributed by atoms with Crippen LogP contribution in [0.25, 0.3) is 0 Å². The number of carboxylic acids is 1. The topological polar surface area (TPSA) is 57.6 Å². The maximum Gasteiger partial charge on any atom is 0.308 e. The number of amides is 1. The number of carbonyl (C=O) groups excluding carboxylic acids is 1. The molecule has 18 heavy (non-hydrogen) atoms. The molecule has 1 N–H and O–H groups in total. The predicted molar refractivity (Wildman–Crippen MR) is 70.1 cm³/mol. The minimum absolute atomic E-state index is 0.0764. The summed E-state index contributed by atoms with van der Waals surface area (Å²) in [5.41, 5.74) is 0. The number of rotatable bonds is 4. The Balaban J connectivity index is 2.89. The van der Waals surface area contributed by atoms with Crippen molar-refractivity contribution in [2.75, 3.05) is 0 Å². The van der Waals surface area contributed by atoms with Gasteiger partial charge in [-0.15, -0.1) is 0 Å². The van der Waals surface area contributed by atoms with Gasteiger partial charge in [-0.1, -0.05) is 20.8 Å². The van der Waals surface area contributed by atoms with E-state index in [2.05, 4.69) is 13.8 Å². The van der Waals surface area contributed by atoms with Gasteiger partial charge in [-0.3, -0.25) is 9.59 Å². The van der Waals surface area contributed by atoms with Gasteiger partial charge in [0.05, 0.1) is 5.92 Å². The molecule has 4 unspecified atom stereocenters. The fourth-order valence-electron chi connectivity index (χ4n) is 3.28. The zero-order chi connectivity index (χ0) is 14.0. The summed E-state index contributed by atoms with van der Waals surface area (Å²) < 4.78 is 0. The zero-order valence-electron chi connectivity index (χ0n) is 12.0. The van der Waals surface area contributed by atoms with Crippen LogP contribution in [0.2, 0.25) is 0 Å². The van der Waals surface area contributed by atoms with Crippen LogP contribution in [0.3, 0.4) is 0 Å². The third-order valence-electron chi connectivity index (χ3n) is 3.93. The lowest BCUT2D eigenvalue weighted by Gasteiger charge is -2.44. The quantitative estimate of drug-likeness (QED) is 0.839. The summed E-state index contributed by atoms with van der Waals surface area (Å²) in [5, 5.41) is 9.31. The van der Waals surface area contributed by atoms with Crippen molar-refractivity contribution in [3.63, 3.8) is 0 Å². The van der Waals surface area contributed by atoms with Gasteiger partial charge in [-0.05, 0) is 32.1 Å². The average molecular weight is 255 g/mol. The molecule has 4 nitrogen and oxygen atoms in total. The first-order valence-corrected chi connectivity index (χ1v) is 6.79. The number of carbonyl (C=O) groups is 2. The second-order valence-corrected chi connectivity index (χ2v) is 6.07. The molecule has 1 amide bonds. The van der Waals surface area contributed by atoms with Gasteiger partial charge in [0, 0.05) is 18.5 Å². The molecule has 0 aromatic heterocycles. The van der Waals surface area contributed by atoms with Gasteiger partial charge in [0.2, 0.25) is 5.91 Å². The first-order valence-electron chi connectivity index (χ1n) is 6.79. The van der Waals surface area contributed by atoms with Crippen molar-refractivity contribution < 1.29 is 14.7 Å². The van der Waals surface area contributed by atoms with E-state index in [0.29, 0.717) is 12.3 Å². The summed E-state index contributed by atoms with van der Waals surface area (Å²) in [5.74, 6) is -0.711. The Kier molecular flexibility index (Phi) is 4.77. The Morgan fingerprint density at radius 2 is 1.94 bits per heavy atom. The average Bonchev–Trinajstić information content (AvgIpc) is 2.13. The Morgan fingerprint density at radius 1 is 1.39 bits per heavy atom. The van der Waals surface area contributed by atoms with E-state index in [0.717, 1.165) is 6.42 Å². The van der Waals surface area contributed by atoms with Crippen LogP contribution in [0.1, 0.15) is 47.5 Å². The van der Waals surface area contributed by atoms with Gasteiger partial charge in [0.15, 0.2) is 0 Å². The number of likely N-dealkylation sites (tertiary alicyclic amines) is 1. The van der Waals surface area contributed by atoms with Crippen LogP contribution >= 0.6 is 0 Å². The number of aliphatic carboxylic acids is 1. The molecule has 0 aromatic carbocycles. The minimum Gasteiger partial charge on any atom is -0.481 e. The van der Waals surface area contributed by atoms with Crippen LogP contribution < -0.4 is 0 Å². The second-order valence-electron chi connectivity index (χ2n) is 6.07. The lowest BCUT2D eigenvalue weighted by atomic mass is 9.80. The van der Waals surface area contributed by atoms with E-state index < -0.39 is 11.9 Å². The van der Waals surface area contributed by atoms with Gasteiger partial charge in [0.25, 0.3) is 0 Å². The highest BCUT2D eigenvalue weighted by atomic mass is 16.4. The van der Waals surface area contributed by atoms with Gasteiger partial charge in [0.1, 0.15) is 0 Å². The smallest absolute Gasteiger partial charge is 0.308 e. The summed E-state index contributed by atoms with van der Waals surface area (Å²) >= 11 is 0. The fraction of sp³-hybridized carbons (Fsp3) is 0.857. The predicted octanol–water partition coefficient (Wildman–Crippen LogP) is 2.38. The van der Waals surface area contributed by atoms with Crippen molar-refractivity contribution in [2.24, 2.45) is 17.8 Å². The molecule has 0 aromatic rings. The van der Waals surface area contributed by atoms with Crippen LogP contribution in [0, 0.1) is 17.8 Å². The molecule has 1 aliphatic rings. The standard InChI is InChI=1S/C14H25NO3/c1-8(2)6-10(4)15-11(5)13(14(17)18)9(3)7-12(15)16/h8-11,13H,6-7H2,1-5H3,(H,17,18). The molecule has 0 radical (unpaired) electrons. The lowest BCUT2D eigenvalue weighted by molar-refractivity contribution is -0.156. The monoisotopic (exact) mass is 255 g/mol. The summed E-state index contributed by atoms with van der Waals surface area (Å²) in [4.78, 5) is 25.3. The summed E-state index contributed by atoms with van der Waals surface area (Å²) in [7, 11) is 0. The second kappa shape index (κ2) is 5.72. The van der Waals surface area contributed by atoms with E-state index in [1.165, 1.54) is 0 Å². The van der Waals surface area contributed by atoms with Gasteiger partial charge in [-0.25, -0.2) is 0 Å². The first kappa shape index (κ1) is 15.0. The van der Waals surface area contributed by atoms with Crippen LogP contribution in [0.5, 0.6) is 0 Å². The lowest BCUT2D eigenvalue weighted by Crippen LogP contribution is -2.56.